The maximum Gasteiger partial charge on any atom is 0.231 e. The Balaban J connectivity index is 1.60. The largest absolute Gasteiger partial charge is 0.369 e. The van der Waals surface area contributed by atoms with Crippen molar-refractivity contribution in [1.82, 2.24) is 15.0 Å². The number of hydrazine groups is 1. The normalized spacial score (nSPS) is 10.5. The first-order valence-electron chi connectivity index (χ1n) is 10.2. The van der Waals surface area contributed by atoms with Crippen molar-refractivity contribution < 1.29 is 0 Å². The first-order chi connectivity index (χ1) is 15.3. The minimum atomic E-state index is 0.468. The van der Waals surface area contributed by atoms with Gasteiger partial charge >= 0.3 is 0 Å². The van der Waals surface area contributed by atoms with Crippen LogP contribution in [0.15, 0.2) is 85.2 Å². The molecule has 31 heavy (non-hydrogen) atoms. The first-order valence-corrected chi connectivity index (χ1v) is 10.2. The van der Waals surface area contributed by atoms with Crippen LogP contribution in [0.3, 0.4) is 0 Å². The highest BCUT2D eigenvalue weighted by Crippen LogP contribution is 2.34. The molecule has 0 atom stereocenters. The van der Waals surface area contributed by atoms with Gasteiger partial charge in [0.25, 0.3) is 0 Å². The lowest BCUT2D eigenvalue weighted by Crippen LogP contribution is -2.15. The van der Waals surface area contributed by atoms with Gasteiger partial charge in [-0.2, -0.15) is 9.97 Å². The molecule has 4 aromatic rings. The zero-order valence-electron chi connectivity index (χ0n) is 17.1. The second-order valence-corrected chi connectivity index (χ2v) is 7.01. The SMILES string of the molecule is NNc1nc(Nc2ccccc2)nc(NCCCc2ccncc2)c1-c1ccccc1. The number of aryl methyl sites for hydroxylation is 1. The van der Waals surface area contributed by atoms with E-state index in [4.69, 9.17) is 10.8 Å². The molecule has 0 radical (unpaired) electrons. The van der Waals surface area contributed by atoms with Crippen molar-refractivity contribution in [1.29, 1.82) is 0 Å². The molecule has 7 nitrogen and oxygen atoms in total. The third kappa shape index (κ3) is 5.34. The number of hydrogen-bond donors (Lipinski definition) is 4. The predicted octanol–water partition coefficient (Wildman–Crippen LogP) is 4.61. The number of nitrogens with one attached hydrogen (secondary N) is 3. The monoisotopic (exact) mass is 411 g/mol. The number of hydrogen-bond acceptors (Lipinski definition) is 7. The van der Waals surface area contributed by atoms with Gasteiger partial charge in [-0.05, 0) is 48.2 Å². The molecule has 0 saturated heterocycles. The lowest BCUT2D eigenvalue weighted by molar-refractivity contribution is 0.856. The van der Waals surface area contributed by atoms with Gasteiger partial charge in [0.05, 0.1) is 5.56 Å². The van der Waals surface area contributed by atoms with Crippen molar-refractivity contribution in [3.63, 3.8) is 0 Å². The number of aromatic nitrogens is 3. The summed E-state index contributed by atoms with van der Waals surface area (Å²) in [4.78, 5) is 13.4. The van der Waals surface area contributed by atoms with Crippen molar-refractivity contribution in [3.8, 4) is 11.1 Å². The average molecular weight is 412 g/mol. The van der Waals surface area contributed by atoms with E-state index in [0.717, 1.165) is 42.0 Å². The number of nitrogens with two attached hydrogens (primary N) is 1. The molecule has 5 N–H and O–H groups in total. The van der Waals surface area contributed by atoms with E-state index in [1.54, 1.807) is 0 Å². The molecular weight excluding hydrogens is 386 g/mol. The summed E-state index contributed by atoms with van der Waals surface area (Å²) in [5.74, 6) is 7.59. The van der Waals surface area contributed by atoms with Crippen LogP contribution in [-0.2, 0) is 6.42 Å². The summed E-state index contributed by atoms with van der Waals surface area (Å²) in [5.41, 5.74) is 6.73. The molecule has 0 aliphatic carbocycles. The Kier molecular flexibility index (Phi) is 6.67. The summed E-state index contributed by atoms with van der Waals surface area (Å²) in [5, 5.41) is 6.73. The van der Waals surface area contributed by atoms with E-state index in [1.165, 1.54) is 5.56 Å². The zero-order chi connectivity index (χ0) is 21.3. The van der Waals surface area contributed by atoms with Crippen LogP contribution in [0.1, 0.15) is 12.0 Å². The van der Waals surface area contributed by atoms with Gasteiger partial charge in [-0.25, -0.2) is 5.84 Å². The number of para-hydroxylation sites is 1. The lowest BCUT2D eigenvalue weighted by atomic mass is 10.1. The standard InChI is InChI=1S/C24H25N7/c25-31-23-21(19-9-3-1-4-10-19)22(27-15-7-8-18-13-16-26-17-14-18)29-24(30-23)28-20-11-5-2-6-12-20/h1-6,9-14,16-17H,7-8,15,25H2,(H3,27,28,29,30,31). The fraction of sp³-hybridized carbons (Fsp3) is 0.125. The summed E-state index contributed by atoms with van der Waals surface area (Å²) >= 11 is 0. The van der Waals surface area contributed by atoms with E-state index in [1.807, 2.05) is 85.2 Å². The molecule has 0 unspecified atom stereocenters. The molecule has 2 heterocycles. The predicted molar refractivity (Wildman–Crippen MR) is 126 cm³/mol. The van der Waals surface area contributed by atoms with E-state index in [9.17, 15) is 0 Å². The highest BCUT2D eigenvalue weighted by Gasteiger charge is 2.16. The average Bonchev–Trinajstić information content (AvgIpc) is 2.83. The fourth-order valence-electron chi connectivity index (χ4n) is 3.33. The Labute approximate surface area is 181 Å². The number of rotatable bonds is 9. The molecule has 4 rings (SSSR count). The molecule has 0 spiro atoms. The second-order valence-electron chi connectivity index (χ2n) is 7.01. The van der Waals surface area contributed by atoms with E-state index in [0.29, 0.717) is 11.8 Å². The Bertz CT molecular complexity index is 1090. The quantitative estimate of drug-likeness (QED) is 0.181. The molecule has 7 heteroatoms. The maximum atomic E-state index is 5.85. The first kappa shape index (κ1) is 20.3. The van der Waals surface area contributed by atoms with Crippen molar-refractivity contribution in [2.45, 2.75) is 12.8 Å². The summed E-state index contributed by atoms with van der Waals surface area (Å²) in [6.07, 6.45) is 5.55. The topological polar surface area (TPSA) is 101 Å². The number of nitrogen functional groups attached to an aromatic ring is 1. The Morgan fingerprint density at radius 3 is 2.16 bits per heavy atom. The van der Waals surface area contributed by atoms with Gasteiger partial charge in [0.15, 0.2) is 5.82 Å². The molecule has 0 saturated carbocycles. The van der Waals surface area contributed by atoms with Crippen LogP contribution in [-0.4, -0.2) is 21.5 Å². The number of pyridine rings is 1. The molecule has 156 valence electrons. The van der Waals surface area contributed by atoms with E-state index in [2.05, 4.69) is 26.0 Å². The van der Waals surface area contributed by atoms with Gasteiger partial charge in [-0.15, -0.1) is 0 Å². The minimum Gasteiger partial charge on any atom is -0.369 e. The van der Waals surface area contributed by atoms with Crippen LogP contribution < -0.4 is 21.9 Å². The van der Waals surface area contributed by atoms with E-state index >= 15 is 0 Å². The molecular formula is C24H25N7. The highest BCUT2D eigenvalue weighted by atomic mass is 15.3. The summed E-state index contributed by atoms with van der Waals surface area (Å²) in [7, 11) is 0. The zero-order valence-corrected chi connectivity index (χ0v) is 17.1. The third-order valence-corrected chi connectivity index (χ3v) is 4.82. The van der Waals surface area contributed by atoms with Crippen LogP contribution in [0, 0.1) is 0 Å². The minimum absolute atomic E-state index is 0.468. The van der Waals surface area contributed by atoms with Gasteiger partial charge < -0.3 is 16.1 Å². The second kappa shape index (κ2) is 10.2. The summed E-state index contributed by atoms with van der Waals surface area (Å²) < 4.78 is 0. The molecule has 0 fully saturated rings. The highest BCUT2D eigenvalue weighted by molar-refractivity contribution is 5.85. The molecule has 0 bridgehead atoms. The molecule has 0 aliphatic heterocycles. The molecule has 0 amide bonds. The van der Waals surface area contributed by atoms with Crippen molar-refractivity contribution in [2.24, 2.45) is 5.84 Å². The van der Waals surface area contributed by atoms with Crippen LogP contribution >= 0.6 is 0 Å². The molecule has 0 aliphatic rings. The summed E-state index contributed by atoms with van der Waals surface area (Å²) in [6, 6.07) is 23.9. The third-order valence-electron chi connectivity index (χ3n) is 4.82. The molecule has 2 aromatic carbocycles. The summed E-state index contributed by atoms with van der Waals surface area (Å²) in [6.45, 7) is 0.758. The van der Waals surface area contributed by atoms with Gasteiger partial charge in [0.1, 0.15) is 5.82 Å². The Hall–Kier alpha value is -3.97. The van der Waals surface area contributed by atoms with Gasteiger partial charge in [0.2, 0.25) is 5.95 Å². The Morgan fingerprint density at radius 1 is 0.774 bits per heavy atom. The number of nitrogens with zero attached hydrogens (tertiary/aromatic N) is 3. The van der Waals surface area contributed by atoms with Crippen LogP contribution in [0.2, 0.25) is 0 Å². The van der Waals surface area contributed by atoms with Gasteiger partial charge in [-0.3, -0.25) is 4.98 Å². The van der Waals surface area contributed by atoms with Crippen molar-refractivity contribution in [2.75, 3.05) is 22.6 Å². The van der Waals surface area contributed by atoms with Crippen LogP contribution in [0.5, 0.6) is 0 Å². The van der Waals surface area contributed by atoms with Crippen LogP contribution in [0.4, 0.5) is 23.3 Å². The number of anilines is 4. The van der Waals surface area contributed by atoms with Crippen molar-refractivity contribution >= 4 is 23.3 Å². The smallest absolute Gasteiger partial charge is 0.231 e. The van der Waals surface area contributed by atoms with Crippen molar-refractivity contribution in [3.05, 3.63) is 90.8 Å². The Morgan fingerprint density at radius 2 is 1.45 bits per heavy atom. The van der Waals surface area contributed by atoms with E-state index in [-0.39, 0.29) is 0 Å². The number of benzene rings is 2. The van der Waals surface area contributed by atoms with Gasteiger partial charge in [-0.1, -0.05) is 48.5 Å². The van der Waals surface area contributed by atoms with Crippen LogP contribution in [0.25, 0.3) is 11.1 Å². The maximum absolute atomic E-state index is 5.85. The van der Waals surface area contributed by atoms with E-state index < -0.39 is 0 Å². The lowest BCUT2D eigenvalue weighted by Gasteiger charge is -2.17. The van der Waals surface area contributed by atoms with Gasteiger partial charge in [0, 0.05) is 24.6 Å². The molecule has 2 aromatic heterocycles. The fourth-order valence-corrected chi connectivity index (χ4v) is 3.33.